The second-order valence-corrected chi connectivity index (χ2v) is 16.0. The summed E-state index contributed by atoms with van der Waals surface area (Å²) in [4.78, 5) is 165. The van der Waals surface area contributed by atoms with Crippen LogP contribution in [0.25, 0.3) is 0 Å². The van der Waals surface area contributed by atoms with Gasteiger partial charge in [0.2, 0.25) is 47.3 Å². The Morgan fingerprint density at radius 1 is 0.237 bits per heavy atom. The molecule has 0 bridgehead atoms. The molecule has 0 unspecified atom stereocenters. The van der Waals surface area contributed by atoms with E-state index in [9.17, 15) is 76.7 Å². The molecule has 0 saturated carbocycles. The first-order chi connectivity index (χ1) is 34.8. The zero-order chi connectivity index (χ0) is 61.2. The third-order valence-electron chi connectivity index (χ3n) is 7.34. The zero-order valence-electron chi connectivity index (χ0n) is 44.4. The molecule has 0 heterocycles. The van der Waals surface area contributed by atoms with E-state index < -0.39 is 65.2 Å². The van der Waals surface area contributed by atoms with Crippen molar-refractivity contribution in [3.05, 3.63) is 0 Å². The summed E-state index contributed by atoms with van der Waals surface area (Å²) in [5.74, 6) is -10.3. The highest BCUT2D eigenvalue weighted by Crippen LogP contribution is 2.02. The Balaban J connectivity index is -0.000000150. The normalized spacial score (nSPS) is 9.45. The summed E-state index contributed by atoms with van der Waals surface area (Å²) >= 11 is 0. The number of aliphatic carboxylic acids is 8. The van der Waals surface area contributed by atoms with E-state index in [-0.39, 0.29) is 144 Å². The second-order valence-electron chi connectivity index (χ2n) is 16.0. The Hall–Kier alpha value is -8.48. The van der Waals surface area contributed by atoms with Crippen molar-refractivity contribution in [1.82, 2.24) is 42.5 Å². The van der Waals surface area contributed by atoms with Gasteiger partial charge in [0.05, 0.1) is 51.4 Å². The number of nitrogens with one attached hydrogen (secondary N) is 8. The van der Waals surface area contributed by atoms with E-state index in [4.69, 9.17) is 40.9 Å². The topological polar surface area (TPSA) is 531 Å². The van der Waals surface area contributed by atoms with Crippen molar-refractivity contribution in [2.75, 3.05) is 35.2 Å². The summed E-state index contributed by atoms with van der Waals surface area (Å²) < 4.78 is 0. The van der Waals surface area contributed by atoms with Crippen LogP contribution >= 0.6 is 0 Å². The van der Waals surface area contributed by atoms with Crippen LogP contribution in [0.3, 0.4) is 0 Å². The minimum absolute atomic E-state index is 0.0482. The van der Waals surface area contributed by atoms with Gasteiger partial charge in [-0.2, -0.15) is 0 Å². The van der Waals surface area contributed by atoms with E-state index in [1.807, 2.05) is 20.8 Å². The SMILES string of the molecule is CC(C)(C)NC(=O)CCC(=O)O.CC(C)(NC(=O)CCC(=O)O)NC(=O)CCC(=O)O.CNC(=O)CCC(=O)O.CNC(=O)CCC(=O)O.CNC(=O)CCC(=O)O.CNC(=O)CCC(=O)O.CNC(=O)CCC(=O)O. The highest BCUT2D eigenvalue weighted by atomic mass is 16.4. The number of rotatable bonds is 26. The molecule has 8 amide bonds. The van der Waals surface area contributed by atoms with Crippen LogP contribution in [0.4, 0.5) is 0 Å². The number of carbonyl (C=O) groups is 16. The van der Waals surface area contributed by atoms with Crippen LogP contribution in [0.5, 0.6) is 0 Å². The van der Waals surface area contributed by atoms with Crippen LogP contribution in [-0.2, 0) is 76.7 Å². The summed E-state index contributed by atoms with van der Waals surface area (Å²) in [6, 6.07) is 0. The van der Waals surface area contributed by atoms with Crippen LogP contribution < -0.4 is 42.5 Å². The van der Waals surface area contributed by atoms with E-state index in [0.29, 0.717) is 0 Å². The van der Waals surface area contributed by atoms with Gasteiger partial charge in [0.1, 0.15) is 5.66 Å². The van der Waals surface area contributed by atoms with Crippen LogP contribution in [0, 0.1) is 0 Å². The fraction of sp³-hybridized carbons (Fsp3) is 0.636. The zero-order valence-corrected chi connectivity index (χ0v) is 44.4. The van der Waals surface area contributed by atoms with Gasteiger partial charge in [-0.1, -0.05) is 0 Å². The van der Waals surface area contributed by atoms with Crippen LogP contribution in [0.15, 0.2) is 0 Å². The molecule has 0 aliphatic rings. The molecule has 76 heavy (non-hydrogen) atoms. The molecule has 0 saturated heterocycles. The highest BCUT2D eigenvalue weighted by Gasteiger charge is 2.23. The number of amides is 8. The van der Waals surface area contributed by atoms with Gasteiger partial charge in [-0.25, -0.2) is 0 Å². The van der Waals surface area contributed by atoms with Crippen molar-refractivity contribution < 1.29 is 118 Å². The van der Waals surface area contributed by atoms with Crippen molar-refractivity contribution in [3.63, 3.8) is 0 Å². The summed E-state index contributed by atoms with van der Waals surface area (Å²) in [7, 11) is 7.38. The Morgan fingerprint density at radius 2 is 0.368 bits per heavy atom. The number of hydrogen-bond acceptors (Lipinski definition) is 16. The third-order valence-corrected chi connectivity index (χ3v) is 7.34. The first kappa shape index (κ1) is 81.6. The second kappa shape index (κ2) is 50.1. The lowest BCUT2D eigenvalue weighted by Crippen LogP contribution is -2.56. The summed E-state index contributed by atoms with van der Waals surface area (Å²) in [5, 5.41) is 84.7. The van der Waals surface area contributed by atoms with Crippen molar-refractivity contribution in [2.45, 2.75) is 149 Å². The summed E-state index contributed by atoms with van der Waals surface area (Å²) in [6.45, 7) is 8.59. The van der Waals surface area contributed by atoms with Gasteiger partial charge in [0.25, 0.3) is 0 Å². The minimum atomic E-state index is -1.08. The maximum absolute atomic E-state index is 11.4. The monoisotopic (exact) mass is 1100 g/mol. The number of carbonyl (C=O) groups excluding carboxylic acids is 8. The van der Waals surface area contributed by atoms with Crippen LogP contribution in [-0.4, -0.2) is 182 Å². The van der Waals surface area contributed by atoms with Gasteiger partial charge in [0, 0.05) is 92.1 Å². The standard InChI is InChI=1S/C11H18N2O6.C8H15NO3.5C5H9NO3/c1-11(2,12-7(14)3-5-9(16)17)13-8(15)4-6-10(18)19;1-8(2,3)9-6(10)4-5-7(11)12;5*1-6-4(7)2-3-5(8)9/h3-6H2,1-2H3,(H,12,14)(H,13,15)(H,16,17)(H,18,19);4-5H2,1-3H3,(H,9,10)(H,11,12);5*2-3H2,1H3,(H,6,7)(H,8,9). The van der Waals surface area contributed by atoms with E-state index in [0.717, 1.165) is 0 Å². The predicted octanol–water partition coefficient (Wildman–Crippen LogP) is -1.56. The molecule has 0 fully saturated rings. The largest absolute Gasteiger partial charge is 0.481 e. The number of carboxylic acid groups (broad SMARTS) is 8. The van der Waals surface area contributed by atoms with E-state index >= 15 is 0 Å². The lowest BCUT2D eigenvalue weighted by molar-refractivity contribution is -0.140. The Morgan fingerprint density at radius 3 is 0.487 bits per heavy atom. The molecule has 0 aromatic carbocycles. The Labute approximate surface area is 438 Å². The first-order valence-corrected chi connectivity index (χ1v) is 22.5. The Bertz CT molecular complexity index is 1670. The molecule has 0 atom stereocenters. The quantitative estimate of drug-likeness (QED) is 0.0435. The van der Waals surface area contributed by atoms with Gasteiger partial charge < -0.3 is 83.4 Å². The molecule has 0 aromatic rings. The molecular weight excluding hydrogens is 1020 g/mol. The first-order valence-electron chi connectivity index (χ1n) is 22.5. The molecule has 32 nitrogen and oxygen atoms in total. The van der Waals surface area contributed by atoms with Crippen LogP contribution in [0.1, 0.15) is 137 Å². The van der Waals surface area contributed by atoms with Crippen molar-refractivity contribution in [1.29, 1.82) is 0 Å². The molecule has 0 radical (unpaired) electrons. The third kappa shape index (κ3) is 85.4. The lowest BCUT2D eigenvalue weighted by Gasteiger charge is -2.27. The average Bonchev–Trinajstić information content (AvgIpc) is 3.30. The fourth-order valence-corrected chi connectivity index (χ4v) is 3.72. The van der Waals surface area contributed by atoms with Gasteiger partial charge >= 0.3 is 47.8 Å². The van der Waals surface area contributed by atoms with Crippen molar-refractivity contribution in [3.8, 4) is 0 Å². The van der Waals surface area contributed by atoms with Gasteiger partial charge in [-0.3, -0.25) is 76.7 Å². The molecule has 0 spiro atoms. The summed E-state index contributed by atoms with van der Waals surface area (Å²) in [6.07, 6.45) is -1.22. The average molecular weight is 1100 g/mol. The molecule has 0 aromatic heterocycles. The summed E-state index contributed by atoms with van der Waals surface area (Å²) in [5.41, 5.74) is -1.35. The van der Waals surface area contributed by atoms with Gasteiger partial charge in [-0.15, -0.1) is 0 Å². The minimum Gasteiger partial charge on any atom is -0.481 e. The van der Waals surface area contributed by atoms with Crippen molar-refractivity contribution in [2.24, 2.45) is 0 Å². The predicted molar refractivity (Wildman–Crippen MR) is 264 cm³/mol. The molecule has 0 aliphatic heterocycles. The molecule has 0 aliphatic carbocycles. The van der Waals surface area contributed by atoms with E-state index in [1.165, 1.54) is 49.1 Å². The van der Waals surface area contributed by atoms with Crippen LogP contribution in [0.2, 0.25) is 0 Å². The Kier molecular flexibility index (Phi) is 53.7. The maximum Gasteiger partial charge on any atom is 0.303 e. The van der Waals surface area contributed by atoms with Gasteiger partial charge in [-0.05, 0) is 34.6 Å². The molecule has 438 valence electrons. The number of hydrogen-bond donors (Lipinski definition) is 16. The van der Waals surface area contributed by atoms with Crippen molar-refractivity contribution >= 4 is 95.0 Å². The van der Waals surface area contributed by atoms with E-state index in [1.54, 1.807) is 0 Å². The lowest BCUT2D eigenvalue weighted by atomic mass is 10.1. The molecule has 16 N–H and O–H groups in total. The van der Waals surface area contributed by atoms with E-state index in [2.05, 4.69) is 42.5 Å². The smallest absolute Gasteiger partial charge is 0.303 e. The molecular formula is C44H78N8O24. The fourth-order valence-electron chi connectivity index (χ4n) is 3.72. The highest BCUT2D eigenvalue weighted by molar-refractivity contribution is 5.85. The maximum atomic E-state index is 11.4. The molecule has 32 heteroatoms. The number of carboxylic acids is 8. The molecule has 0 rings (SSSR count). The van der Waals surface area contributed by atoms with Gasteiger partial charge in [0.15, 0.2) is 0 Å².